The Balaban J connectivity index is 2.08. The zero-order valence-electron chi connectivity index (χ0n) is 8.47. The Morgan fingerprint density at radius 2 is 1.33 bits per heavy atom. The van der Waals surface area contributed by atoms with Gasteiger partial charge in [-0.1, -0.05) is 72.3 Å². The minimum absolute atomic E-state index is 0.560. The predicted molar refractivity (Wildman–Crippen MR) is 59.3 cm³/mol. The van der Waals surface area contributed by atoms with Gasteiger partial charge in [0, 0.05) is 0 Å². The average Bonchev–Trinajstić information content (AvgIpc) is 2.31. The fourth-order valence-corrected chi connectivity index (χ4v) is 1.61. The highest BCUT2D eigenvalue weighted by Crippen LogP contribution is 2.14. The van der Waals surface area contributed by atoms with Gasteiger partial charge in [0.05, 0.1) is 0 Å². The highest BCUT2D eigenvalue weighted by Gasteiger charge is 1.98. The van der Waals surface area contributed by atoms with Crippen molar-refractivity contribution in [1.29, 1.82) is 0 Å². The summed E-state index contributed by atoms with van der Waals surface area (Å²) in [7, 11) is 0. The lowest BCUT2D eigenvalue weighted by atomic mass is 10.0. The first-order valence-corrected chi connectivity index (χ1v) is 5.11. The largest absolute Gasteiger partial charge is 0.848 e. The van der Waals surface area contributed by atoms with Crippen LogP contribution in [0.1, 0.15) is 17.2 Å². The van der Waals surface area contributed by atoms with Gasteiger partial charge < -0.3 is 5.11 Å². The third kappa shape index (κ3) is 2.67. The van der Waals surface area contributed by atoms with Gasteiger partial charge in [-0.15, -0.1) is 0 Å². The van der Waals surface area contributed by atoms with Crippen molar-refractivity contribution in [2.75, 3.05) is 0 Å². The fourth-order valence-electron chi connectivity index (χ4n) is 1.61. The molecule has 0 amide bonds. The van der Waals surface area contributed by atoms with Crippen LogP contribution in [0.2, 0.25) is 0 Å². The zero-order chi connectivity index (χ0) is 10.5. The summed E-state index contributed by atoms with van der Waals surface area (Å²) in [6.07, 6.45) is -0.0983. The molecule has 0 aliphatic heterocycles. The number of hydrogen-bond acceptors (Lipinski definition) is 1. The first-order valence-electron chi connectivity index (χ1n) is 5.11. The minimum atomic E-state index is -0.659. The summed E-state index contributed by atoms with van der Waals surface area (Å²) in [6, 6.07) is 19.4. The highest BCUT2D eigenvalue weighted by molar-refractivity contribution is 5.21. The SMILES string of the molecule is [O-]C(Cc1ccccc1)c1ccccc1. The first-order chi connectivity index (χ1) is 7.36. The van der Waals surface area contributed by atoms with Crippen LogP contribution in [0.3, 0.4) is 0 Å². The van der Waals surface area contributed by atoms with Gasteiger partial charge >= 0.3 is 0 Å². The molecule has 2 aromatic carbocycles. The molecule has 0 N–H and O–H groups in total. The van der Waals surface area contributed by atoms with Gasteiger partial charge in [-0.3, -0.25) is 0 Å². The van der Waals surface area contributed by atoms with E-state index in [1.807, 2.05) is 60.7 Å². The molecule has 1 nitrogen and oxygen atoms in total. The van der Waals surface area contributed by atoms with E-state index in [1.54, 1.807) is 0 Å². The second kappa shape index (κ2) is 4.76. The van der Waals surface area contributed by atoms with Crippen LogP contribution in [0.4, 0.5) is 0 Å². The summed E-state index contributed by atoms with van der Waals surface area (Å²) in [5.41, 5.74) is 1.96. The molecular formula is C14H13O-. The van der Waals surface area contributed by atoms with Gasteiger partial charge in [0.2, 0.25) is 0 Å². The monoisotopic (exact) mass is 197 g/mol. The Morgan fingerprint density at radius 3 is 1.93 bits per heavy atom. The quantitative estimate of drug-likeness (QED) is 0.740. The van der Waals surface area contributed by atoms with E-state index in [9.17, 15) is 5.11 Å². The van der Waals surface area contributed by atoms with Crippen molar-refractivity contribution in [2.24, 2.45) is 0 Å². The normalized spacial score (nSPS) is 12.3. The molecule has 0 radical (unpaired) electrons. The molecule has 0 aromatic heterocycles. The summed E-state index contributed by atoms with van der Waals surface area (Å²) in [5.74, 6) is 0. The standard InChI is InChI=1S/C14H13O/c15-14(13-9-5-2-6-10-13)11-12-7-3-1-4-8-12/h1-10,14H,11H2/q-1. The lowest BCUT2D eigenvalue weighted by Crippen LogP contribution is -2.17. The lowest BCUT2D eigenvalue weighted by molar-refractivity contribution is -0.426. The molecule has 1 atom stereocenters. The van der Waals surface area contributed by atoms with Crippen LogP contribution in [0.25, 0.3) is 0 Å². The van der Waals surface area contributed by atoms with E-state index in [0.29, 0.717) is 6.42 Å². The third-order valence-corrected chi connectivity index (χ3v) is 2.44. The van der Waals surface area contributed by atoms with Crippen LogP contribution in [0, 0.1) is 0 Å². The molecule has 15 heavy (non-hydrogen) atoms. The van der Waals surface area contributed by atoms with Crippen molar-refractivity contribution >= 4 is 0 Å². The summed E-state index contributed by atoms with van der Waals surface area (Å²) in [4.78, 5) is 0. The second-order valence-electron chi connectivity index (χ2n) is 3.59. The highest BCUT2D eigenvalue weighted by atomic mass is 16.3. The Morgan fingerprint density at radius 1 is 0.800 bits per heavy atom. The Labute approximate surface area is 90.0 Å². The molecular weight excluding hydrogens is 184 g/mol. The average molecular weight is 197 g/mol. The molecule has 76 valence electrons. The number of benzene rings is 2. The van der Waals surface area contributed by atoms with E-state index in [2.05, 4.69) is 0 Å². The lowest BCUT2D eigenvalue weighted by Gasteiger charge is -2.22. The van der Waals surface area contributed by atoms with E-state index in [-0.39, 0.29) is 0 Å². The summed E-state index contributed by atoms with van der Waals surface area (Å²) < 4.78 is 0. The molecule has 0 aliphatic carbocycles. The fraction of sp³-hybridized carbons (Fsp3) is 0.143. The van der Waals surface area contributed by atoms with Crippen LogP contribution >= 0.6 is 0 Å². The van der Waals surface area contributed by atoms with Crippen LogP contribution in [-0.2, 0) is 6.42 Å². The summed E-state index contributed by atoms with van der Waals surface area (Å²) >= 11 is 0. The van der Waals surface area contributed by atoms with Crippen LogP contribution < -0.4 is 5.11 Å². The molecule has 0 bridgehead atoms. The van der Waals surface area contributed by atoms with Gasteiger partial charge in [-0.25, -0.2) is 0 Å². The molecule has 2 aromatic rings. The van der Waals surface area contributed by atoms with E-state index in [1.165, 1.54) is 0 Å². The van der Waals surface area contributed by atoms with E-state index < -0.39 is 6.10 Å². The van der Waals surface area contributed by atoms with Crippen molar-refractivity contribution in [3.05, 3.63) is 71.8 Å². The minimum Gasteiger partial charge on any atom is -0.848 e. The van der Waals surface area contributed by atoms with E-state index >= 15 is 0 Å². The second-order valence-corrected chi connectivity index (χ2v) is 3.59. The molecule has 0 aliphatic rings. The van der Waals surface area contributed by atoms with E-state index in [0.717, 1.165) is 11.1 Å². The topological polar surface area (TPSA) is 23.1 Å². The molecule has 1 unspecified atom stereocenters. The van der Waals surface area contributed by atoms with Gasteiger partial charge in [0.1, 0.15) is 0 Å². The van der Waals surface area contributed by atoms with Gasteiger partial charge in [-0.2, -0.15) is 0 Å². The third-order valence-electron chi connectivity index (χ3n) is 2.44. The summed E-state index contributed by atoms with van der Waals surface area (Å²) in [5, 5.41) is 11.9. The summed E-state index contributed by atoms with van der Waals surface area (Å²) in [6.45, 7) is 0. The molecule has 0 spiro atoms. The molecule has 0 saturated carbocycles. The number of rotatable bonds is 3. The van der Waals surface area contributed by atoms with Crippen molar-refractivity contribution in [1.82, 2.24) is 0 Å². The number of hydrogen-bond donors (Lipinski definition) is 0. The van der Waals surface area contributed by atoms with Crippen molar-refractivity contribution in [2.45, 2.75) is 12.5 Å². The van der Waals surface area contributed by atoms with Crippen molar-refractivity contribution < 1.29 is 5.11 Å². The van der Waals surface area contributed by atoms with Crippen LogP contribution in [-0.4, -0.2) is 0 Å². The molecule has 1 heteroatoms. The van der Waals surface area contributed by atoms with Crippen LogP contribution in [0.15, 0.2) is 60.7 Å². The maximum atomic E-state index is 11.9. The Kier molecular flexibility index (Phi) is 3.15. The Bertz CT molecular complexity index is 394. The molecule has 0 heterocycles. The van der Waals surface area contributed by atoms with Gasteiger partial charge in [-0.05, 0) is 12.0 Å². The maximum Gasteiger partial charge on any atom is -0.0364 e. The van der Waals surface area contributed by atoms with Crippen LogP contribution in [0.5, 0.6) is 0 Å². The molecule has 0 fully saturated rings. The first kappa shape index (κ1) is 9.94. The smallest absolute Gasteiger partial charge is 0.0364 e. The van der Waals surface area contributed by atoms with Crippen molar-refractivity contribution in [3.8, 4) is 0 Å². The van der Waals surface area contributed by atoms with Gasteiger partial charge in [0.25, 0.3) is 0 Å². The van der Waals surface area contributed by atoms with Gasteiger partial charge in [0.15, 0.2) is 0 Å². The molecule has 2 rings (SSSR count). The Hall–Kier alpha value is -1.60. The zero-order valence-corrected chi connectivity index (χ0v) is 8.47. The maximum absolute atomic E-state index is 11.9. The molecule has 0 saturated heterocycles. The van der Waals surface area contributed by atoms with E-state index in [4.69, 9.17) is 0 Å². The predicted octanol–water partition coefficient (Wildman–Crippen LogP) is 2.33. The van der Waals surface area contributed by atoms with Crippen molar-refractivity contribution in [3.63, 3.8) is 0 Å².